The van der Waals surface area contributed by atoms with Crippen LogP contribution in [0.3, 0.4) is 0 Å². The van der Waals surface area contributed by atoms with Gasteiger partial charge in [0.25, 0.3) is 0 Å². The number of guanidine groups is 1. The second-order valence-corrected chi connectivity index (χ2v) is 6.91. The van der Waals surface area contributed by atoms with E-state index in [1.807, 2.05) is 0 Å². The van der Waals surface area contributed by atoms with Gasteiger partial charge < -0.3 is 19.9 Å². The summed E-state index contributed by atoms with van der Waals surface area (Å²) in [5, 5.41) is 3.47. The predicted molar refractivity (Wildman–Crippen MR) is 97.0 cm³/mol. The summed E-state index contributed by atoms with van der Waals surface area (Å²) in [5.41, 5.74) is 0. The van der Waals surface area contributed by atoms with Gasteiger partial charge in [-0.1, -0.05) is 0 Å². The highest BCUT2D eigenvalue weighted by molar-refractivity contribution is 5.80. The first-order valence-electron chi connectivity index (χ1n) is 9.56. The van der Waals surface area contributed by atoms with Crippen molar-refractivity contribution in [3.8, 4) is 0 Å². The van der Waals surface area contributed by atoms with Gasteiger partial charge in [0.2, 0.25) is 0 Å². The van der Waals surface area contributed by atoms with Crippen molar-refractivity contribution in [1.82, 2.24) is 15.1 Å². The van der Waals surface area contributed by atoms with Gasteiger partial charge in [-0.15, -0.1) is 0 Å². The highest BCUT2D eigenvalue weighted by Gasteiger charge is 2.22. The van der Waals surface area contributed by atoms with Crippen molar-refractivity contribution >= 4 is 5.96 Å². The fraction of sp³-hybridized carbons (Fsp3) is 0.944. The van der Waals surface area contributed by atoms with Gasteiger partial charge in [-0.3, -0.25) is 4.99 Å². The van der Waals surface area contributed by atoms with E-state index in [9.17, 15) is 0 Å². The smallest absolute Gasteiger partial charge is 0.193 e. The lowest BCUT2D eigenvalue weighted by Gasteiger charge is -2.34. The molecule has 0 unspecified atom stereocenters. The van der Waals surface area contributed by atoms with Gasteiger partial charge in [0, 0.05) is 32.8 Å². The number of hydrogen-bond donors (Lipinski definition) is 1. The molecule has 0 aliphatic carbocycles. The molecule has 2 aliphatic rings. The molecule has 0 amide bonds. The summed E-state index contributed by atoms with van der Waals surface area (Å²) in [4.78, 5) is 9.75. The maximum atomic E-state index is 5.75. The summed E-state index contributed by atoms with van der Waals surface area (Å²) >= 11 is 0. The van der Waals surface area contributed by atoms with E-state index in [0.717, 1.165) is 57.5 Å². The Balaban J connectivity index is 1.76. The van der Waals surface area contributed by atoms with Crippen LogP contribution < -0.4 is 5.32 Å². The molecule has 2 aliphatic heterocycles. The first kappa shape index (κ1) is 18.5. The Morgan fingerprint density at radius 1 is 1.09 bits per heavy atom. The van der Waals surface area contributed by atoms with Crippen molar-refractivity contribution in [2.75, 3.05) is 52.9 Å². The fourth-order valence-corrected chi connectivity index (χ4v) is 3.60. The van der Waals surface area contributed by atoms with E-state index in [2.05, 4.69) is 36.0 Å². The van der Waals surface area contributed by atoms with Gasteiger partial charge in [0.05, 0.1) is 6.10 Å². The third-order valence-electron chi connectivity index (χ3n) is 5.12. The first-order chi connectivity index (χ1) is 11.2. The number of piperidine rings is 2. The predicted octanol–water partition coefficient (Wildman–Crippen LogP) is 2.18. The molecule has 0 bridgehead atoms. The Kier molecular flexibility index (Phi) is 8.17. The first-order valence-corrected chi connectivity index (χ1v) is 9.56. The standard InChI is InChI=1S/C18H36N4O/c1-4-19-18(22-14-9-17(10-15-22)23-5-2)20-11-6-16-7-12-21(3)13-8-16/h16-17H,4-15H2,1-3H3,(H,19,20). The zero-order valence-corrected chi connectivity index (χ0v) is 15.4. The van der Waals surface area contributed by atoms with E-state index in [-0.39, 0.29) is 0 Å². The molecule has 0 aromatic heterocycles. The van der Waals surface area contributed by atoms with Gasteiger partial charge in [0.15, 0.2) is 5.96 Å². The molecule has 2 saturated heterocycles. The largest absolute Gasteiger partial charge is 0.378 e. The molecule has 0 aromatic rings. The Hall–Kier alpha value is -0.810. The summed E-state index contributed by atoms with van der Waals surface area (Å²) in [7, 11) is 2.23. The van der Waals surface area contributed by atoms with Crippen LogP contribution in [0.2, 0.25) is 0 Å². The molecule has 2 heterocycles. The monoisotopic (exact) mass is 324 g/mol. The number of aliphatic imine (C=N–C) groups is 1. The van der Waals surface area contributed by atoms with Crippen LogP contribution in [0.4, 0.5) is 0 Å². The van der Waals surface area contributed by atoms with E-state index < -0.39 is 0 Å². The third kappa shape index (κ3) is 6.30. The van der Waals surface area contributed by atoms with Crippen LogP contribution in [0.1, 0.15) is 46.0 Å². The zero-order chi connectivity index (χ0) is 16.5. The highest BCUT2D eigenvalue weighted by atomic mass is 16.5. The van der Waals surface area contributed by atoms with E-state index in [0.29, 0.717) is 6.10 Å². The van der Waals surface area contributed by atoms with Crippen molar-refractivity contribution in [2.24, 2.45) is 10.9 Å². The van der Waals surface area contributed by atoms with Crippen LogP contribution in [0.5, 0.6) is 0 Å². The van der Waals surface area contributed by atoms with Gasteiger partial charge >= 0.3 is 0 Å². The van der Waals surface area contributed by atoms with Crippen LogP contribution in [0.15, 0.2) is 4.99 Å². The third-order valence-corrected chi connectivity index (χ3v) is 5.12. The lowest BCUT2D eigenvalue weighted by Crippen LogP contribution is -2.47. The summed E-state index contributed by atoms with van der Waals surface area (Å²) in [6, 6.07) is 0. The molecule has 0 spiro atoms. The minimum absolute atomic E-state index is 0.443. The molecule has 0 saturated carbocycles. The molecule has 23 heavy (non-hydrogen) atoms. The van der Waals surface area contributed by atoms with Crippen molar-refractivity contribution < 1.29 is 4.74 Å². The molecule has 0 atom stereocenters. The molecule has 5 nitrogen and oxygen atoms in total. The lowest BCUT2D eigenvalue weighted by molar-refractivity contribution is 0.0263. The lowest BCUT2D eigenvalue weighted by atomic mass is 9.94. The summed E-state index contributed by atoms with van der Waals surface area (Å²) in [6.45, 7) is 11.6. The van der Waals surface area contributed by atoms with E-state index in [1.165, 1.54) is 32.4 Å². The number of hydrogen-bond acceptors (Lipinski definition) is 3. The van der Waals surface area contributed by atoms with Crippen molar-refractivity contribution in [3.63, 3.8) is 0 Å². The molecule has 0 aromatic carbocycles. The van der Waals surface area contributed by atoms with E-state index >= 15 is 0 Å². The maximum absolute atomic E-state index is 5.75. The summed E-state index contributed by atoms with van der Waals surface area (Å²) in [6.07, 6.45) is 6.58. The zero-order valence-electron chi connectivity index (χ0n) is 15.4. The van der Waals surface area contributed by atoms with Crippen LogP contribution in [-0.2, 0) is 4.74 Å². The molecule has 0 radical (unpaired) electrons. The highest BCUT2D eigenvalue weighted by Crippen LogP contribution is 2.19. The number of nitrogens with zero attached hydrogens (tertiary/aromatic N) is 3. The van der Waals surface area contributed by atoms with Crippen LogP contribution in [-0.4, -0.2) is 74.8 Å². The van der Waals surface area contributed by atoms with Crippen molar-refractivity contribution in [3.05, 3.63) is 0 Å². The second-order valence-electron chi connectivity index (χ2n) is 6.91. The van der Waals surface area contributed by atoms with Gasteiger partial charge in [-0.05, 0) is 72.0 Å². The van der Waals surface area contributed by atoms with Crippen LogP contribution in [0.25, 0.3) is 0 Å². The van der Waals surface area contributed by atoms with Crippen LogP contribution in [0, 0.1) is 5.92 Å². The molecule has 1 N–H and O–H groups in total. The molecule has 5 heteroatoms. The average molecular weight is 325 g/mol. The number of rotatable bonds is 6. The number of ether oxygens (including phenoxy) is 1. The Labute approximate surface area is 142 Å². The van der Waals surface area contributed by atoms with Gasteiger partial charge in [0.1, 0.15) is 0 Å². The normalized spacial score (nSPS) is 22.6. The van der Waals surface area contributed by atoms with Gasteiger partial charge in [-0.25, -0.2) is 0 Å². The minimum atomic E-state index is 0.443. The van der Waals surface area contributed by atoms with Crippen LogP contribution >= 0.6 is 0 Å². The molecular weight excluding hydrogens is 288 g/mol. The quantitative estimate of drug-likeness (QED) is 0.600. The van der Waals surface area contributed by atoms with E-state index in [1.54, 1.807) is 0 Å². The average Bonchev–Trinajstić information content (AvgIpc) is 2.57. The Morgan fingerprint density at radius 3 is 2.39 bits per heavy atom. The number of nitrogens with one attached hydrogen (secondary N) is 1. The Bertz CT molecular complexity index is 345. The van der Waals surface area contributed by atoms with E-state index in [4.69, 9.17) is 9.73 Å². The second kappa shape index (κ2) is 10.1. The molecule has 2 rings (SSSR count). The van der Waals surface area contributed by atoms with Gasteiger partial charge in [-0.2, -0.15) is 0 Å². The summed E-state index contributed by atoms with van der Waals surface area (Å²) in [5.74, 6) is 1.97. The molecular formula is C18H36N4O. The molecule has 134 valence electrons. The summed E-state index contributed by atoms with van der Waals surface area (Å²) < 4.78 is 5.75. The Morgan fingerprint density at radius 2 is 1.78 bits per heavy atom. The topological polar surface area (TPSA) is 40.1 Å². The molecule has 2 fully saturated rings. The minimum Gasteiger partial charge on any atom is -0.378 e. The SMILES string of the molecule is CCNC(=NCCC1CCN(C)CC1)N1CCC(OCC)CC1. The fourth-order valence-electron chi connectivity index (χ4n) is 3.60. The van der Waals surface area contributed by atoms with Crippen molar-refractivity contribution in [1.29, 1.82) is 0 Å². The maximum Gasteiger partial charge on any atom is 0.193 e. The van der Waals surface area contributed by atoms with Crippen molar-refractivity contribution in [2.45, 2.75) is 52.1 Å². The number of likely N-dealkylation sites (tertiary alicyclic amines) is 2.